The Balaban J connectivity index is 0.000000121. The summed E-state index contributed by atoms with van der Waals surface area (Å²) in [4.78, 5) is 2.62. The molecule has 0 spiro atoms. The van der Waals surface area contributed by atoms with E-state index in [1.54, 1.807) is 6.42 Å². The summed E-state index contributed by atoms with van der Waals surface area (Å²) >= 11 is 0. The molecule has 1 heterocycles. The van der Waals surface area contributed by atoms with Crippen LogP contribution in [0.15, 0.2) is 0 Å². The average Bonchev–Trinajstić information content (AvgIpc) is 3.14. The van der Waals surface area contributed by atoms with Gasteiger partial charge in [0, 0.05) is 18.6 Å². The normalized spacial score (nSPS) is 42.6. The van der Waals surface area contributed by atoms with Crippen molar-refractivity contribution in [2.24, 2.45) is 35.0 Å². The van der Waals surface area contributed by atoms with Gasteiger partial charge in [-0.25, -0.2) is 0 Å². The summed E-state index contributed by atoms with van der Waals surface area (Å²) in [5.41, 5.74) is 1.01. The molecule has 20 heavy (non-hydrogen) atoms. The van der Waals surface area contributed by atoms with Crippen LogP contribution in [-0.4, -0.2) is 23.5 Å². The predicted molar refractivity (Wildman–Crippen MR) is 86.7 cm³/mol. The number of nitrogens with zero attached hydrogens (tertiary/aromatic N) is 1. The summed E-state index contributed by atoms with van der Waals surface area (Å²) in [6.07, 6.45) is 6.15. The Bertz CT molecular complexity index is 303. The van der Waals surface area contributed by atoms with Crippen LogP contribution >= 0.6 is 0 Å². The van der Waals surface area contributed by atoms with Crippen LogP contribution in [-0.2, 0) is 0 Å². The molecule has 4 atom stereocenters. The van der Waals surface area contributed by atoms with E-state index in [-0.39, 0.29) is 0 Å². The first-order chi connectivity index (χ1) is 9.14. The zero-order chi connectivity index (χ0) is 14.7. The van der Waals surface area contributed by atoms with Crippen LogP contribution in [0, 0.1) is 35.0 Å². The molecule has 3 aliphatic carbocycles. The lowest BCUT2D eigenvalue weighted by atomic mass is 9.78. The fourth-order valence-electron chi connectivity index (χ4n) is 4.37. The molecule has 0 aromatic rings. The maximum Gasteiger partial charge on any atom is 0.0125 e. The number of likely N-dealkylation sites (tertiary alicyclic amines) is 1. The van der Waals surface area contributed by atoms with Crippen LogP contribution in [0.5, 0.6) is 0 Å². The van der Waals surface area contributed by atoms with E-state index in [1.165, 1.54) is 32.4 Å². The molecule has 4 aliphatic rings. The molecule has 4 unspecified atom stereocenters. The van der Waals surface area contributed by atoms with Gasteiger partial charge in [0.05, 0.1) is 0 Å². The molecule has 0 amide bonds. The van der Waals surface area contributed by atoms with Crippen LogP contribution < -0.4 is 0 Å². The van der Waals surface area contributed by atoms with E-state index >= 15 is 0 Å². The second-order valence-electron chi connectivity index (χ2n) is 10.1. The van der Waals surface area contributed by atoms with E-state index in [4.69, 9.17) is 0 Å². The summed E-state index contributed by atoms with van der Waals surface area (Å²) in [5.74, 6) is 5.52. The Hall–Kier alpha value is -0.0400. The van der Waals surface area contributed by atoms with Gasteiger partial charge in [0.15, 0.2) is 0 Å². The lowest BCUT2D eigenvalue weighted by Gasteiger charge is -2.32. The van der Waals surface area contributed by atoms with Gasteiger partial charge in [0.25, 0.3) is 0 Å². The Morgan fingerprint density at radius 3 is 1.40 bits per heavy atom. The zero-order valence-corrected chi connectivity index (χ0v) is 14.6. The highest BCUT2D eigenvalue weighted by Gasteiger charge is 2.49. The summed E-state index contributed by atoms with van der Waals surface area (Å²) in [6.45, 7) is 16.9. The summed E-state index contributed by atoms with van der Waals surface area (Å²) < 4.78 is 0. The first kappa shape index (κ1) is 14.9. The number of hydrogen-bond acceptors (Lipinski definition) is 1. The number of hydrogen-bond donors (Lipinski definition) is 0. The van der Waals surface area contributed by atoms with E-state index in [9.17, 15) is 0 Å². The average molecular weight is 277 g/mol. The molecular formula is C19H35N. The molecule has 0 N–H and O–H groups in total. The van der Waals surface area contributed by atoms with Gasteiger partial charge in [0.1, 0.15) is 0 Å². The van der Waals surface area contributed by atoms with Crippen molar-refractivity contribution in [1.82, 2.24) is 4.90 Å². The Morgan fingerprint density at radius 1 is 0.650 bits per heavy atom. The summed E-state index contributed by atoms with van der Waals surface area (Å²) in [5, 5.41) is 0. The van der Waals surface area contributed by atoms with Crippen LogP contribution in [0.3, 0.4) is 0 Å². The van der Waals surface area contributed by atoms with E-state index in [2.05, 4.69) is 46.4 Å². The van der Waals surface area contributed by atoms with Crippen molar-refractivity contribution in [3.8, 4) is 0 Å². The Morgan fingerprint density at radius 2 is 1.10 bits per heavy atom. The standard InChI is InChI=1S/C10H18.C9H17N/c1-10(2,3)9-5-7-4-8(7)6-9;1-9(2,3)10-5-7-4-8(7)6-10/h7-9H,4-6H2,1-3H3;7-8H,4-6H2,1-3H3. The SMILES string of the molecule is CC(C)(C)C1CC2CC2C1.CC(C)(C)N1CC2CC2C1. The monoisotopic (exact) mass is 277 g/mol. The molecule has 116 valence electrons. The fraction of sp³-hybridized carbons (Fsp3) is 1.00. The minimum absolute atomic E-state index is 0.424. The molecule has 1 heteroatoms. The van der Waals surface area contributed by atoms with Gasteiger partial charge in [-0.05, 0) is 81.5 Å². The molecule has 0 aromatic heterocycles. The highest BCUT2D eigenvalue weighted by atomic mass is 15.2. The fourth-order valence-corrected chi connectivity index (χ4v) is 4.37. The molecule has 1 nitrogen and oxygen atoms in total. The van der Waals surface area contributed by atoms with E-state index < -0.39 is 0 Å². The maximum absolute atomic E-state index is 2.62. The number of fused-ring (bicyclic) bond motifs is 2. The van der Waals surface area contributed by atoms with Crippen LogP contribution in [0.25, 0.3) is 0 Å². The molecule has 1 saturated heterocycles. The van der Waals surface area contributed by atoms with Gasteiger partial charge in [-0.15, -0.1) is 0 Å². The molecule has 0 bridgehead atoms. The molecule has 0 aromatic carbocycles. The third-order valence-electron chi connectivity index (χ3n) is 6.40. The van der Waals surface area contributed by atoms with Crippen molar-refractivity contribution in [2.45, 2.75) is 72.8 Å². The first-order valence-corrected chi connectivity index (χ1v) is 8.89. The van der Waals surface area contributed by atoms with Gasteiger partial charge < -0.3 is 0 Å². The largest absolute Gasteiger partial charge is 0.298 e. The summed E-state index contributed by atoms with van der Waals surface area (Å²) in [6, 6.07) is 0. The molecule has 0 radical (unpaired) electrons. The van der Waals surface area contributed by atoms with Crippen molar-refractivity contribution in [3.05, 3.63) is 0 Å². The molecule has 3 saturated carbocycles. The first-order valence-electron chi connectivity index (χ1n) is 8.89. The van der Waals surface area contributed by atoms with Gasteiger partial charge >= 0.3 is 0 Å². The van der Waals surface area contributed by atoms with Crippen molar-refractivity contribution >= 4 is 0 Å². The van der Waals surface area contributed by atoms with Crippen molar-refractivity contribution in [3.63, 3.8) is 0 Å². The molecule has 4 fully saturated rings. The minimum Gasteiger partial charge on any atom is -0.298 e. The Kier molecular flexibility index (Phi) is 3.52. The second kappa shape index (κ2) is 4.73. The van der Waals surface area contributed by atoms with Crippen LogP contribution in [0.4, 0.5) is 0 Å². The van der Waals surface area contributed by atoms with Crippen molar-refractivity contribution in [2.75, 3.05) is 13.1 Å². The number of piperidine rings is 1. The van der Waals surface area contributed by atoms with Gasteiger partial charge in [-0.3, -0.25) is 4.90 Å². The van der Waals surface area contributed by atoms with Crippen molar-refractivity contribution in [1.29, 1.82) is 0 Å². The topological polar surface area (TPSA) is 3.24 Å². The van der Waals surface area contributed by atoms with Gasteiger partial charge in [0.2, 0.25) is 0 Å². The maximum atomic E-state index is 2.62. The molecule has 4 rings (SSSR count). The van der Waals surface area contributed by atoms with E-state index in [1.807, 2.05) is 0 Å². The number of rotatable bonds is 0. The summed E-state index contributed by atoms with van der Waals surface area (Å²) in [7, 11) is 0. The highest BCUT2D eigenvalue weighted by Crippen LogP contribution is 2.58. The van der Waals surface area contributed by atoms with E-state index in [0.717, 1.165) is 29.6 Å². The van der Waals surface area contributed by atoms with Crippen molar-refractivity contribution < 1.29 is 0 Å². The minimum atomic E-state index is 0.424. The van der Waals surface area contributed by atoms with Crippen LogP contribution in [0.1, 0.15) is 67.2 Å². The molecular weight excluding hydrogens is 242 g/mol. The lowest BCUT2D eigenvalue weighted by Crippen LogP contribution is -2.40. The smallest absolute Gasteiger partial charge is 0.0125 e. The predicted octanol–water partition coefficient (Wildman–Crippen LogP) is 4.82. The third-order valence-corrected chi connectivity index (χ3v) is 6.40. The second-order valence-corrected chi connectivity index (χ2v) is 10.1. The quantitative estimate of drug-likeness (QED) is 0.614. The van der Waals surface area contributed by atoms with E-state index in [0.29, 0.717) is 11.0 Å². The Labute approximate surface area is 126 Å². The zero-order valence-electron chi connectivity index (χ0n) is 14.6. The highest BCUT2D eigenvalue weighted by molar-refractivity contribution is 5.00. The van der Waals surface area contributed by atoms with Crippen LogP contribution in [0.2, 0.25) is 0 Å². The van der Waals surface area contributed by atoms with Gasteiger partial charge in [-0.1, -0.05) is 20.8 Å². The van der Waals surface area contributed by atoms with Gasteiger partial charge in [-0.2, -0.15) is 0 Å². The molecule has 1 aliphatic heterocycles. The lowest BCUT2D eigenvalue weighted by molar-refractivity contribution is 0.156. The third kappa shape index (κ3) is 3.24.